The topological polar surface area (TPSA) is 115 Å². The zero-order chi connectivity index (χ0) is 24.5. The quantitative estimate of drug-likeness (QED) is 0.329. The minimum absolute atomic E-state index is 0.188. The van der Waals surface area contributed by atoms with Gasteiger partial charge in [0, 0.05) is 29.2 Å². The number of hydrogen-bond acceptors (Lipinski definition) is 5. The zero-order valence-corrected chi connectivity index (χ0v) is 19.8. The number of urea groups is 1. The molecule has 178 valence electrons. The first-order valence-corrected chi connectivity index (χ1v) is 11.8. The van der Waals surface area contributed by atoms with Gasteiger partial charge in [0.25, 0.3) is 0 Å². The highest BCUT2D eigenvalue weighted by atomic mass is 16.2. The Balaban J connectivity index is 1.42. The van der Waals surface area contributed by atoms with Crippen LogP contribution in [0.3, 0.4) is 0 Å². The van der Waals surface area contributed by atoms with Crippen molar-refractivity contribution >= 4 is 40.0 Å². The molecular weight excluding hydrogens is 440 g/mol. The van der Waals surface area contributed by atoms with Gasteiger partial charge < -0.3 is 20.9 Å². The average Bonchev–Trinajstić information content (AvgIpc) is 3.50. The lowest BCUT2D eigenvalue weighted by molar-refractivity contribution is 0.104. The van der Waals surface area contributed by atoms with Crippen LogP contribution >= 0.6 is 0 Å². The fourth-order valence-electron chi connectivity index (χ4n) is 4.81. The SMILES string of the molecule is Cc1cccc(NC(=O)Nc2cccc(C(=O)c3cn(C4CCCC4)c4ncnc(N)c34)c2)c1C. The number of carbonyl (C=O) groups excluding carboxylic acids is 2. The molecule has 0 spiro atoms. The second kappa shape index (κ2) is 9.21. The Kier molecular flexibility index (Phi) is 5.94. The van der Waals surface area contributed by atoms with Crippen molar-refractivity contribution in [2.75, 3.05) is 16.4 Å². The van der Waals surface area contributed by atoms with Gasteiger partial charge in [-0.3, -0.25) is 4.79 Å². The lowest BCUT2D eigenvalue weighted by Gasteiger charge is -2.12. The predicted octanol–water partition coefficient (Wildman–Crippen LogP) is 5.62. The van der Waals surface area contributed by atoms with Gasteiger partial charge in [-0.05, 0) is 56.0 Å². The maximum Gasteiger partial charge on any atom is 0.323 e. The summed E-state index contributed by atoms with van der Waals surface area (Å²) in [7, 11) is 0. The summed E-state index contributed by atoms with van der Waals surface area (Å²) < 4.78 is 2.08. The molecule has 1 aliphatic carbocycles. The standard InChI is InChI=1S/C27H28N6O2/c1-16-7-5-12-22(17(16)2)32-27(35)31-19-9-6-8-18(13-19)24(34)21-14-33(20-10-3-4-11-20)26-23(21)25(28)29-15-30-26/h5-9,12-15,20H,3-4,10-11H2,1-2H3,(H2,28,29,30)(H2,31,32,35). The normalized spacial score (nSPS) is 13.8. The van der Waals surface area contributed by atoms with Crippen molar-refractivity contribution in [3.05, 3.63) is 77.2 Å². The Morgan fingerprint density at radius 2 is 1.80 bits per heavy atom. The van der Waals surface area contributed by atoms with E-state index in [1.165, 1.54) is 6.33 Å². The number of carbonyl (C=O) groups is 2. The Morgan fingerprint density at radius 1 is 1.03 bits per heavy atom. The molecule has 2 aromatic carbocycles. The number of fused-ring (bicyclic) bond motifs is 1. The van der Waals surface area contributed by atoms with E-state index >= 15 is 0 Å². The van der Waals surface area contributed by atoms with E-state index in [-0.39, 0.29) is 17.6 Å². The molecule has 8 heteroatoms. The molecule has 8 nitrogen and oxygen atoms in total. The van der Waals surface area contributed by atoms with Crippen LogP contribution < -0.4 is 16.4 Å². The molecule has 2 heterocycles. The summed E-state index contributed by atoms with van der Waals surface area (Å²) in [5.41, 5.74) is 11.2. The van der Waals surface area contributed by atoms with Gasteiger partial charge in [-0.2, -0.15) is 0 Å². The Morgan fingerprint density at radius 3 is 2.60 bits per heavy atom. The number of nitrogens with one attached hydrogen (secondary N) is 2. The molecule has 5 rings (SSSR count). The number of aryl methyl sites for hydroxylation is 1. The highest BCUT2D eigenvalue weighted by Gasteiger charge is 2.25. The monoisotopic (exact) mass is 468 g/mol. The van der Waals surface area contributed by atoms with Crippen molar-refractivity contribution in [1.82, 2.24) is 14.5 Å². The van der Waals surface area contributed by atoms with Gasteiger partial charge in [-0.25, -0.2) is 14.8 Å². The number of amides is 2. The molecule has 4 aromatic rings. The second-order valence-corrected chi connectivity index (χ2v) is 9.08. The summed E-state index contributed by atoms with van der Waals surface area (Å²) in [4.78, 5) is 34.8. The summed E-state index contributed by atoms with van der Waals surface area (Å²) in [6, 6.07) is 12.6. The van der Waals surface area contributed by atoms with Gasteiger partial charge in [0.2, 0.25) is 0 Å². The van der Waals surface area contributed by atoms with Crippen LogP contribution in [0.25, 0.3) is 11.0 Å². The van der Waals surface area contributed by atoms with E-state index in [9.17, 15) is 9.59 Å². The number of aromatic nitrogens is 3. The van der Waals surface area contributed by atoms with E-state index in [0.29, 0.717) is 33.9 Å². The number of nitrogen functional groups attached to an aromatic ring is 1. The first-order valence-electron chi connectivity index (χ1n) is 11.8. The van der Waals surface area contributed by atoms with Gasteiger partial charge in [-0.1, -0.05) is 37.1 Å². The van der Waals surface area contributed by atoms with Crippen molar-refractivity contribution in [2.45, 2.75) is 45.6 Å². The lowest BCUT2D eigenvalue weighted by Crippen LogP contribution is -2.20. The molecule has 4 N–H and O–H groups in total. The second-order valence-electron chi connectivity index (χ2n) is 9.08. The minimum Gasteiger partial charge on any atom is -0.383 e. The Labute approximate surface area is 203 Å². The van der Waals surface area contributed by atoms with E-state index in [2.05, 4.69) is 25.2 Å². The molecule has 0 bridgehead atoms. The molecule has 2 aromatic heterocycles. The van der Waals surface area contributed by atoms with Crippen molar-refractivity contribution in [2.24, 2.45) is 0 Å². The molecule has 0 saturated heterocycles. The molecule has 1 saturated carbocycles. The zero-order valence-electron chi connectivity index (χ0n) is 19.8. The minimum atomic E-state index is -0.376. The summed E-state index contributed by atoms with van der Waals surface area (Å²) in [6.45, 7) is 3.96. The van der Waals surface area contributed by atoms with Crippen LogP contribution in [-0.4, -0.2) is 26.3 Å². The maximum absolute atomic E-state index is 13.6. The van der Waals surface area contributed by atoms with Crippen molar-refractivity contribution in [3.8, 4) is 0 Å². The number of hydrogen-bond donors (Lipinski definition) is 3. The van der Waals surface area contributed by atoms with E-state index < -0.39 is 0 Å². The van der Waals surface area contributed by atoms with Crippen molar-refractivity contribution < 1.29 is 9.59 Å². The van der Waals surface area contributed by atoms with Crippen LogP contribution in [0.15, 0.2) is 55.0 Å². The Bertz CT molecular complexity index is 1440. The highest BCUT2D eigenvalue weighted by molar-refractivity contribution is 6.18. The summed E-state index contributed by atoms with van der Waals surface area (Å²) in [5.74, 6) is 0.101. The lowest BCUT2D eigenvalue weighted by atomic mass is 10.0. The average molecular weight is 469 g/mol. The summed E-state index contributed by atoms with van der Waals surface area (Å²) in [5, 5.41) is 6.28. The number of nitrogens with two attached hydrogens (primary N) is 1. The third-order valence-electron chi connectivity index (χ3n) is 6.84. The number of ketones is 1. The third-order valence-corrected chi connectivity index (χ3v) is 6.84. The first-order chi connectivity index (χ1) is 16.9. The van der Waals surface area contributed by atoms with Crippen LogP contribution in [0.4, 0.5) is 22.0 Å². The molecular formula is C27H28N6O2. The van der Waals surface area contributed by atoms with Gasteiger partial charge in [0.15, 0.2) is 5.78 Å². The predicted molar refractivity (Wildman–Crippen MR) is 138 cm³/mol. The largest absolute Gasteiger partial charge is 0.383 e. The van der Waals surface area contributed by atoms with Crippen LogP contribution in [-0.2, 0) is 0 Å². The fourth-order valence-corrected chi connectivity index (χ4v) is 4.81. The van der Waals surface area contributed by atoms with Crippen LogP contribution in [0.1, 0.15) is 58.8 Å². The molecule has 1 aliphatic rings. The van der Waals surface area contributed by atoms with Crippen molar-refractivity contribution in [1.29, 1.82) is 0 Å². The molecule has 0 unspecified atom stereocenters. The van der Waals surface area contributed by atoms with Crippen LogP contribution in [0, 0.1) is 13.8 Å². The number of anilines is 3. The summed E-state index contributed by atoms with van der Waals surface area (Å²) >= 11 is 0. The highest BCUT2D eigenvalue weighted by Crippen LogP contribution is 2.35. The Hall–Kier alpha value is -4.20. The van der Waals surface area contributed by atoms with E-state index in [0.717, 1.165) is 42.5 Å². The van der Waals surface area contributed by atoms with Gasteiger partial charge >= 0.3 is 6.03 Å². The van der Waals surface area contributed by atoms with E-state index in [1.807, 2.05) is 38.2 Å². The van der Waals surface area contributed by atoms with Crippen molar-refractivity contribution in [3.63, 3.8) is 0 Å². The number of nitrogens with zero attached hydrogens (tertiary/aromatic N) is 3. The maximum atomic E-state index is 13.6. The van der Waals surface area contributed by atoms with E-state index in [1.54, 1.807) is 24.3 Å². The number of benzene rings is 2. The molecule has 2 amide bonds. The third kappa shape index (κ3) is 4.35. The van der Waals surface area contributed by atoms with Gasteiger partial charge in [0.1, 0.15) is 17.8 Å². The smallest absolute Gasteiger partial charge is 0.323 e. The first kappa shape index (κ1) is 22.6. The van der Waals surface area contributed by atoms with E-state index in [4.69, 9.17) is 5.73 Å². The van der Waals surface area contributed by atoms with Gasteiger partial charge in [0.05, 0.1) is 10.9 Å². The van der Waals surface area contributed by atoms with Gasteiger partial charge in [-0.15, -0.1) is 0 Å². The molecule has 35 heavy (non-hydrogen) atoms. The van der Waals surface area contributed by atoms with Crippen LogP contribution in [0.5, 0.6) is 0 Å². The summed E-state index contributed by atoms with van der Waals surface area (Å²) in [6.07, 6.45) is 7.72. The number of rotatable bonds is 5. The molecule has 0 aliphatic heterocycles. The molecule has 1 fully saturated rings. The fraction of sp³-hybridized carbons (Fsp3) is 0.259. The molecule has 0 radical (unpaired) electrons. The van der Waals surface area contributed by atoms with Crippen LogP contribution in [0.2, 0.25) is 0 Å². The molecule has 0 atom stereocenters.